The van der Waals surface area contributed by atoms with E-state index in [1.165, 1.54) is 46.0 Å². The van der Waals surface area contributed by atoms with Gasteiger partial charge in [0, 0.05) is 30.4 Å². The zero-order valence-corrected chi connectivity index (χ0v) is 14.2. The standard InChI is InChI=1S/C18H16FN5O3/c19-14-3-1-13(2-4-14)15-5-6-18(27)24(22-15)10-9-21-16(25)11-23-12-20-8-7-17(23)26/h1-8,12H,9-11H2,(H,21,25). The van der Waals surface area contributed by atoms with Crippen molar-refractivity contribution in [2.24, 2.45) is 0 Å². The van der Waals surface area contributed by atoms with Gasteiger partial charge in [-0.25, -0.2) is 14.1 Å². The summed E-state index contributed by atoms with van der Waals surface area (Å²) in [5.41, 5.74) is 0.539. The Kier molecular flexibility index (Phi) is 5.50. The van der Waals surface area contributed by atoms with E-state index in [1.807, 2.05) is 0 Å². The molecular weight excluding hydrogens is 353 g/mol. The highest BCUT2D eigenvalue weighted by Gasteiger charge is 2.06. The first-order valence-electron chi connectivity index (χ1n) is 8.14. The first kappa shape index (κ1) is 18.2. The van der Waals surface area contributed by atoms with Crippen molar-refractivity contribution >= 4 is 5.91 Å². The topological polar surface area (TPSA) is 98.9 Å². The lowest BCUT2D eigenvalue weighted by Crippen LogP contribution is -2.35. The lowest BCUT2D eigenvalue weighted by Gasteiger charge is -2.09. The van der Waals surface area contributed by atoms with E-state index in [2.05, 4.69) is 15.4 Å². The van der Waals surface area contributed by atoms with Gasteiger partial charge in [0.25, 0.3) is 11.1 Å². The van der Waals surface area contributed by atoms with Gasteiger partial charge in [-0.15, -0.1) is 0 Å². The van der Waals surface area contributed by atoms with E-state index in [-0.39, 0.29) is 42.5 Å². The summed E-state index contributed by atoms with van der Waals surface area (Å²) < 4.78 is 15.4. The van der Waals surface area contributed by atoms with Gasteiger partial charge in [-0.05, 0) is 30.3 Å². The van der Waals surface area contributed by atoms with Crippen LogP contribution in [0.4, 0.5) is 4.39 Å². The number of carbonyl (C=O) groups excluding carboxylic acids is 1. The zero-order chi connectivity index (χ0) is 19.2. The second-order valence-electron chi connectivity index (χ2n) is 5.68. The Morgan fingerprint density at radius 2 is 1.81 bits per heavy atom. The van der Waals surface area contributed by atoms with Crippen LogP contribution in [0.25, 0.3) is 11.3 Å². The van der Waals surface area contributed by atoms with Gasteiger partial charge in [-0.3, -0.25) is 19.0 Å². The number of halogens is 1. The third-order valence-electron chi connectivity index (χ3n) is 3.76. The lowest BCUT2D eigenvalue weighted by molar-refractivity contribution is -0.121. The Bertz CT molecular complexity index is 1060. The molecule has 8 nitrogen and oxygen atoms in total. The van der Waals surface area contributed by atoms with E-state index in [0.717, 1.165) is 0 Å². The second-order valence-corrected chi connectivity index (χ2v) is 5.68. The van der Waals surface area contributed by atoms with Gasteiger partial charge in [-0.1, -0.05) is 0 Å². The molecule has 0 aliphatic rings. The SMILES string of the molecule is O=C(Cn1cnccc1=O)NCCn1nc(-c2ccc(F)cc2)ccc1=O. The van der Waals surface area contributed by atoms with Gasteiger partial charge in [0.05, 0.1) is 18.6 Å². The summed E-state index contributed by atoms with van der Waals surface area (Å²) >= 11 is 0. The van der Waals surface area contributed by atoms with Crippen molar-refractivity contribution in [3.8, 4) is 11.3 Å². The molecule has 2 heterocycles. The molecule has 0 spiro atoms. The van der Waals surface area contributed by atoms with Crippen LogP contribution in [0.15, 0.2) is 64.6 Å². The van der Waals surface area contributed by atoms with Gasteiger partial charge in [-0.2, -0.15) is 5.10 Å². The van der Waals surface area contributed by atoms with Crippen LogP contribution in [0.1, 0.15) is 0 Å². The lowest BCUT2D eigenvalue weighted by atomic mass is 10.1. The van der Waals surface area contributed by atoms with Crippen molar-refractivity contribution in [3.63, 3.8) is 0 Å². The number of hydrogen-bond donors (Lipinski definition) is 1. The van der Waals surface area contributed by atoms with E-state index in [1.54, 1.807) is 18.2 Å². The molecule has 27 heavy (non-hydrogen) atoms. The number of aromatic nitrogens is 4. The fourth-order valence-electron chi connectivity index (χ4n) is 2.39. The Morgan fingerprint density at radius 3 is 2.56 bits per heavy atom. The molecule has 0 bridgehead atoms. The second kappa shape index (κ2) is 8.17. The van der Waals surface area contributed by atoms with Crippen LogP contribution in [-0.2, 0) is 17.9 Å². The number of nitrogens with one attached hydrogen (secondary N) is 1. The third kappa shape index (κ3) is 4.72. The summed E-state index contributed by atoms with van der Waals surface area (Å²) in [4.78, 5) is 39.2. The van der Waals surface area contributed by atoms with Crippen molar-refractivity contribution in [2.45, 2.75) is 13.1 Å². The van der Waals surface area contributed by atoms with E-state index < -0.39 is 0 Å². The van der Waals surface area contributed by atoms with E-state index >= 15 is 0 Å². The largest absolute Gasteiger partial charge is 0.353 e. The van der Waals surface area contributed by atoms with Crippen LogP contribution >= 0.6 is 0 Å². The summed E-state index contributed by atoms with van der Waals surface area (Å²) in [5, 5.41) is 6.86. The Hall–Kier alpha value is -3.62. The van der Waals surface area contributed by atoms with Crippen molar-refractivity contribution < 1.29 is 9.18 Å². The fourth-order valence-corrected chi connectivity index (χ4v) is 2.39. The molecule has 0 aliphatic carbocycles. The van der Waals surface area contributed by atoms with E-state index in [4.69, 9.17) is 0 Å². The minimum atomic E-state index is -0.382. The maximum Gasteiger partial charge on any atom is 0.266 e. The van der Waals surface area contributed by atoms with Crippen LogP contribution in [0.5, 0.6) is 0 Å². The predicted molar refractivity (Wildman–Crippen MR) is 95.4 cm³/mol. The number of benzene rings is 1. The summed E-state index contributed by atoms with van der Waals surface area (Å²) in [6.45, 7) is 0.153. The highest BCUT2D eigenvalue weighted by Crippen LogP contribution is 2.15. The van der Waals surface area contributed by atoms with Gasteiger partial charge >= 0.3 is 0 Å². The van der Waals surface area contributed by atoms with Crippen molar-refractivity contribution in [2.75, 3.05) is 6.54 Å². The molecule has 3 rings (SSSR count). The Balaban J connectivity index is 1.62. The number of carbonyl (C=O) groups is 1. The molecule has 0 aliphatic heterocycles. The molecule has 0 fully saturated rings. The normalized spacial score (nSPS) is 10.6. The van der Waals surface area contributed by atoms with E-state index in [9.17, 15) is 18.8 Å². The van der Waals surface area contributed by atoms with Gasteiger partial charge in [0.1, 0.15) is 12.4 Å². The molecule has 1 aromatic carbocycles. The zero-order valence-electron chi connectivity index (χ0n) is 14.2. The van der Waals surface area contributed by atoms with Crippen molar-refractivity contribution in [1.82, 2.24) is 24.6 Å². The fraction of sp³-hybridized carbons (Fsp3) is 0.167. The van der Waals surface area contributed by atoms with Crippen molar-refractivity contribution in [1.29, 1.82) is 0 Å². The molecule has 3 aromatic rings. The van der Waals surface area contributed by atoms with E-state index in [0.29, 0.717) is 11.3 Å². The average molecular weight is 369 g/mol. The highest BCUT2D eigenvalue weighted by molar-refractivity contribution is 5.75. The minimum Gasteiger partial charge on any atom is -0.353 e. The number of rotatable bonds is 6. The maximum absolute atomic E-state index is 13.0. The van der Waals surface area contributed by atoms with Gasteiger partial charge in [0.2, 0.25) is 5.91 Å². The molecular formula is C18H16FN5O3. The van der Waals surface area contributed by atoms with Crippen LogP contribution in [-0.4, -0.2) is 31.8 Å². The number of amides is 1. The molecule has 2 aromatic heterocycles. The molecule has 0 atom stereocenters. The summed E-state index contributed by atoms with van der Waals surface area (Å²) in [6.07, 6.45) is 2.63. The summed E-state index contributed by atoms with van der Waals surface area (Å²) in [5.74, 6) is -0.740. The molecule has 0 saturated heterocycles. The van der Waals surface area contributed by atoms with Crippen LogP contribution in [0, 0.1) is 5.82 Å². The number of hydrogen-bond acceptors (Lipinski definition) is 5. The first-order chi connectivity index (χ1) is 13.0. The maximum atomic E-state index is 13.0. The molecule has 0 unspecified atom stereocenters. The summed E-state index contributed by atoms with van der Waals surface area (Å²) in [7, 11) is 0. The smallest absolute Gasteiger partial charge is 0.266 e. The number of nitrogens with zero attached hydrogens (tertiary/aromatic N) is 4. The van der Waals surface area contributed by atoms with Gasteiger partial charge in [0.15, 0.2) is 0 Å². The van der Waals surface area contributed by atoms with Crippen molar-refractivity contribution in [3.05, 3.63) is 81.5 Å². The molecule has 138 valence electrons. The van der Waals surface area contributed by atoms with Crippen LogP contribution in [0.3, 0.4) is 0 Å². The first-order valence-corrected chi connectivity index (χ1v) is 8.14. The Morgan fingerprint density at radius 1 is 1.04 bits per heavy atom. The summed E-state index contributed by atoms with van der Waals surface area (Å²) in [6, 6.07) is 9.94. The van der Waals surface area contributed by atoms with Crippen LogP contribution in [0.2, 0.25) is 0 Å². The van der Waals surface area contributed by atoms with Crippen LogP contribution < -0.4 is 16.4 Å². The molecule has 0 radical (unpaired) electrons. The molecule has 1 amide bonds. The molecule has 1 N–H and O–H groups in total. The highest BCUT2D eigenvalue weighted by atomic mass is 19.1. The third-order valence-corrected chi connectivity index (χ3v) is 3.76. The van der Waals surface area contributed by atoms with Gasteiger partial charge < -0.3 is 5.32 Å². The molecule has 9 heteroatoms. The monoisotopic (exact) mass is 369 g/mol. The Labute approximate surface area is 152 Å². The quantitative estimate of drug-likeness (QED) is 0.679. The minimum absolute atomic E-state index is 0.154. The molecule has 0 saturated carbocycles. The average Bonchev–Trinajstić information content (AvgIpc) is 2.66. The predicted octanol–water partition coefficient (Wildman–Crippen LogP) is 0.422.